The van der Waals surface area contributed by atoms with Crippen molar-refractivity contribution in [1.82, 2.24) is 0 Å². The van der Waals surface area contributed by atoms with E-state index in [1.807, 2.05) is 0 Å². The van der Waals surface area contributed by atoms with Gasteiger partial charge >= 0.3 is 5.97 Å². The van der Waals surface area contributed by atoms with Crippen LogP contribution in [0.5, 0.6) is 0 Å². The van der Waals surface area contributed by atoms with Gasteiger partial charge in [-0.1, -0.05) is 12.1 Å². The zero-order valence-electron chi connectivity index (χ0n) is 9.45. The second-order valence-electron chi connectivity index (χ2n) is 2.90. The summed E-state index contributed by atoms with van der Waals surface area (Å²) in [5.41, 5.74) is 0.473. The number of esters is 1. The van der Waals surface area contributed by atoms with Gasteiger partial charge in [-0.05, 0) is 23.8 Å². The van der Waals surface area contributed by atoms with Crippen LogP contribution in [0.1, 0.15) is 5.56 Å². The maximum absolute atomic E-state index is 10.8. The van der Waals surface area contributed by atoms with Gasteiger partial charge in [0.2, 0.25) is 0 Å². The topological polar surface area (TPSA) is 80.7 Å². The molecule has 0 unspecified atom stereocenters. The molecule has 0 spiro atoms. The molecule has 87 valence electrons. The van der Waals surface area contributed by atoms with Crippen molar-refractivity contribution in [2.45, 2.75) is 4.90 Å². The standard InChI is InChI=1S/C10H10O5S.Na/c1-15-10(11)6-5-8-3-2-4-9(7-8)16(12,13)14;/h2-7H,1H3,(H,12,13,14);/b6-5+;. The van der Waals surface area contributed by atoms with Crippen LogP contribution >= 0.6 is 0 Å². The number of carbonyl (C=O) groups excluding carboxylic acids is 1. The first-order valence-corrected chi connectivity index (χ1v) is 5.71. The van der Waals surface area contributed by atoms with Crippen molar-refractivity contribution in [1.29, 1.82) is 0 Å². The van der Waals surface area contributed by atoms with Crippen LogP contribution in [-0.4, -0.2) is 55.6 Å². The minimum absolute atomic E-state index is 0. The second-order valence-corrected chi connectivity index (χ2v) is 4.33. The number of methoxy groups -OCH3 is 1. The van der Waals surface area contributed by atoms with Crippen LogP contribution in [-0.2, 0) is 19.6 Å². The molecule has 0 heterocycles. The first-order chi connectivity index (χ1) is 7.43. The Morgan fingerprint density at radius 3 is 2.59 bits per heavy atom. The average Bonchev–Trinajstić information content (AvgIpc) is 2.25. The van der Waals surface area contributed by atoms with E-state index >= 15 is 0 Å². The van der Waals surface area contributed by atoms with E-state index in [1.54, 1.807) is 6.07 Å². The van der Waals surface area contributed by atoms with Gasteiger partial charge in [0.15, 0.2) is 0 Å². The molecule has 0 aliphatic carbocycles. The maximum atomic E-state index is 10.8. The molecule has 1 N–H and O–H groups in total. The third-order valence-corrected chi connectivity index (χ3v) is 2.62. The molecule has 0 fully saturated rings. The van der Waals surface area contributed by atoms with Crippen LogP contribution < -0.4 is 0 Å². The molecule has 0 saturated carbocycles. The van der Waals surface area contributed by atoms with Crippen molar-refractivity contribution in [2.24, 2.45) is 0 Å². The number of benzene rings is 1. The molecule has 1 aromatic rings. The van der Waals surface area contributed by atoms with E-state index in [4.69, 9.17) is 4.55 Å². The molecule has 0 saturated heterocycles. The van der Waals surface area contributed by atoms with Crippen LogP contribution in [0.15, 0.2) is 35.2 Å². The Morgan fingerprint density at radius 1 is 1.41 bits per heavy atom. The van der Waals surface area contributed by atoms with Crippen LogP contribution in [0.25, 0.3) is 6.08 Å². The van der Waals surface area contributed by atoms with Crippen molar-refractivity contribution in [3.63, 3.8) is 0 Å². The summed E-state index contributed by atoms with van der Waals surface area (Å²) in [6.45, 7) is 0. The zero-order valence-corrected chi connectivity index (χ0v) is 12.3. The van der Waals surface area contributed by atoms with Crippen molar-refractivity contribution in [3.8, 4) is 0 Å². The molecule has 0 atom stereocenters. The largest absolute Gasteiger partial charge is 0.466 e. The van der Waals surface area contributed by atoms with Gasteiger partial charge in [0.1, 0.15) is 0 Å². The van der Waals surface area contributed by atoms with Gasteiger partial charge in [-0.15, -0.1) is 0 Å². The van der Waals surface area contributed by atoms with Crippen LogP contribution in [0.2, 0.25) is 0 Å². The summed E-state index contributed by atoms with van der Waals surface area (Å²) < 4.78 is 34.8. The predicted octanol–water partition coefficient (Wildman–Crippen LogP) is 0.739. The normalized spacial score (nSPS) is 10.9. The molecular weight excluding hydrogens is 255 g/mol. The number of hydrogen-bond donors (Lipinski definition) is 1. The third-order valence-electron chi connectivity index (χ3n) is 1.77. The number of hydrogen-bond acceptors (Lipinski definition) is 4. The minimum atomic E-state index is -4.22. The smallest absolute Gasteiger partial charge is 0.330 e. The molecule has 17 heavy (non-hydrogen) atoms. The summed E-state index contributed by atoms with van der Waals surface area (Å²) in [4.78, 5) is 10.6. The Morgan fingerprint density at radius 2 is 2.06 bits per heavy atom. The molecule has 0 aliphatic rings. The van der Waals surface area contributed by atoms with Crippen molar-refractivity contribution in [2.75, 3.05) is 7.11 Å². The second kappa shape index (κ2) is 6.93. The average molecular weight is 265 g/mol. The van der Waals surface area contributed by atoms with Gasteiger partial charge in [-0.2, -0.15) is 8.42 Å². The maximum Gasteiger partial charge on any atom is 0.330 e. The van der Waals surface area contributed by atoms with Gasteiger partial charge in [0.05, 0.1) is 12.0 Å². The van der Waals surface area contributed by atoms with Crippen LogP contribution in [0.3, 0.4) is 0 Å². The van der Waals surface area contributed by atoms with Crippen molar-refractivity contribution >= 4 is 51.7 Å². The Hall–Kier alpha value is -0.660. The van der Waals surface area contributed by atoms with Crippen LogP contribution in [0.4, 0.5) is 0 Å². The number of ether oxygens (including phenoxy) is 1. The van der Waals surface area contributed by atoms with E-state index in [9.17, 15) is 13.2 Å². The molecular formula is C10H10NaO5S. The van der Waals surface area contributed by atoms with E-state index in [1.165, 1.54) is 31.4 Å². The fourth-order valence-corrected chi connectivity index (χ4v) is 1.55. The van der Waals surface area contributed by atoms with E-state index in [-0.39, 0.29) is 34.5 Å². The van der Waals surface area contributed by atoms with Gasteiger partial charge in [0.25, 0.3) is 10.1 Å². The first kappa shape index (κ1) is 16.3. The van der Waals surface area contributed by atoms with Gasteiger partial charge in [-0.25, -0.2) is 4.79 Å². The quantitative estimate of drug-likeness (QED) is 0.377. The SMILES string of the molecule is COC(=O)/C=C/c1cccc(S(=O)(=O)O)c1.[Na]. The van der Waals surface area contributed by atoms with Gasteiger partial charge in [-0.3, -0.25) is 4.55 Å². The summed E-state index contributed by atoms with van der Waals surface area (Å²) in [5, 5.41) is 0. The van der Waals surface area contributed by atoms with E-state index in [2.05, 4.69) is 4.74 Å². The summed E-state index contributed by atoms with van der Waals surface area (Å²) in [7, 11) is -2.98. The van der Waals surface area contributed by atoms with Gasteiger partial charge in [0, 0.05) is 35.6 Å². The summed E-state index contributed by atoms with van der Waals surface area (Å²) in [5.74, 6) is -0.544. The summed E-state index contributed by atoms with van der Waals surface area (Å²) in [6.07, 6.45) is 2.55. The van der Waals surface area contributed by atoms with Crippen LogP contribution in [0, 0.1) is 0 Å². The Balaban J connectivity index is 0.00000256. The van der Waals surface area contributed by atoms with E-state index < -0.39 is 16.1 Å². The minimum Gasteiger partial charge on any atom is -0.466 e. The fraction of sp³-hybridized carbons (Fsp3) is 0.100. The van der Waals surface area contributed by atoms with E-state index in [0.29, 0.717) is 5.56 Å². The monoisotopic (exact) mass is 265 g/mol. The first-order valence-electron chi connectivity index (χ1n) is 4.27. The van der Waals surface area contributed by atoms with Crippen molar-refractivity contribution < 1.29 is 22.5 Å². The predicted molar refractivity (Wildman–Crippen MR) is 63.1 cm³/mol. The van der Waals surface area contributed by atoms with E-state index in [0.717, 1.165) is 6.08 Å². The molecule has 1 radical (unpaired) electrons. The Kier molecular flexibility index (Phi) is 6.66. The molecule has 5 nitrogen and oxygen atoms in total. The fourth-order valence-electron chi connectivity index (χ4n) is 1.01. The molecule has 0 aromatic heterocycles. The Labute approximate surface area is 122 Å². The Bertz CT molecular complexity index is 521. The molecule has 7 heteroatoms. The molecule has 0 bridgehead atoms. The molecule has 0 aliphatic heterocycles. The zero-order chi connectivity index (χ0) is 12.2. The molecule has 0 amide bonds. The third kappa shape index (κ3) is 5.47. The molecule has 1 aromatic carbocycles. The van der Waals surface area contributed by atoms with Crippen molar-refractivity contribution in [3.05, 3.63) is 35.9 Å². The summed E-state index contributed by atoms with van der Waals surface area (Å²) >= 11 is 0. The van der Waals surface area contributed by atoms with Gasteiger partial charge < -0.3 is 4.74 Å². The summed E-state index contributed by atoms with van der Waals surface area (Å²) in [6, 6.07) is 5.55. The molecule has 1 rings (SSSR count). The number of rotatable bonds is 3. The number of carbonyl (C=O) groups is 1.